The van der Waals surface area contributed by atoms with E-state index in [0.717, 1.165) is 11.1 Å². The molecule has 0 saturated heterocycles. The van der Waals surface area contributed by atoms with Crippen LogP contribution >= 0.6 is 0 Å². The fraction of sp³-hybridized carbons (Fsp3) is 0.333. The molecule has 0 unspecified atom stereocenters. The second-order valence-corrected chi connectivity index (χ2v) is 4.70. The standard InChI is InChI=1S/C9H13NO3S/c1-5-6(2)8(10)4-9(7(5)3)14(11,12)13/h4H,10H2,1-3H3,(H,11,12,13). The number of rotatable bonds is 1. The Bertz CT molecular complexity index is 477. The highest BCUT2D eigenvalue weighted by molar-refractivity contribution is 7.85. The van der Waals surface area contributed by atoms with E-state index in [2.05, 4.69) is 0 Å². The Balaban J connectivity index is 3.66. The first-order chi connectivity index (χ1) is 6.25. The molecule has 0 heterocycles. The fourth-order valence-electron chi connectivity index (χ4n) is 1.31. The predicted octanol–water partition coefficient (Wildman–Crippen LogP) is 1.44. The highest BCUT2D eigenvalue weighted by atomic mass is 32.2. The average molecular weight is 215 g/mol. The first kappa shape index (κ1) is 11.0. The van der Waals surface area contributed by atoms with Crippen LogP contribution in [0.3, 0.4) is 0 Å². The minimum Gasteiger partial charge on any atom is -0.398 e. The summed E-state index contributed by atoms with van der Waals surface area (Å²) in [4.78, 5) is -0.113. The predicted molar refractivity (Wildman–Crippen MR) is 54.9 cm³/mol. The van der Waals surface area contributed by atoms with Crippen LogP contribution in [0.4, 0.5) is 5.69 Å². The van der Waals surface area contributed by atoms with Crippen LogP contribution in [0.1, 0.15) is 16.7 Å². The largest absolute Gasteiger partial charge is 0.398 e. The van der Waals surface area contributed by atoms with Crippen LogP contribution in [-0.2, 0) is 10.1 Å². The molecule has 0 spiro atoms. The lowest BCUT2D eigenvalue weighted by Crippen LogP contribution is -2.05. The maximum Gasteiger partial charge on any atom is 0.294 e. The van der Waals surface area contributed by atoms with E-state index < -0.39 is 10.1 Å². The van der Waals surface area contributed by atoms with Crippen LogP contribution in [0.2, 0.25) is 0 Å². The van der Waals surface area contributed by atoms with Crippen LogP contribution in [0.25, 0.3) is 0 Å². The van der Waals surface area contributed by atoms with Crippen molar-refractivity contribution in [3.63, 3.8) is 0 Å². The Hall–Kier alpha value is -1.07. The number of benzene rings is 1. The van der Waals surface area contributed by atoms with Gasteiger partial charge in [-0.1, -0.05) is 0 Å². The van der Waals surface area contributed by atoms with Gasteiger partial charge in [-0.25, -0.2) is 0 Å². The van der Waals surface area contributed by atoms with E-state index in [1.165, 1.54) is 6.07 Å². The number of nitrogen functional groups attached to an aromatic ring is 1. The summed E-state index contributed by atoms with van der Waals surface area (Å²) in [5.41, 5.74) is 8.16. The van der Waals surface area contributed by atoms with Gasteiger partial charge in [0, 0.05) is 5.69 Å². The van der Waals surface area contributed by atoms with E-state index in [1.54, 1.807) is 13.8 Å². The second-order valence-electron chi connectivity index (χ2n) is 3.31. The number of nitrogens with two attached hydrogens (primary N) is 1. The Morgan fingerprint density at radius 1 is 1.14 bits per heavy atom. The van der Waals surface area contributed by atoms with E-state index in [0.29, 0.717) is 11.3 Å². The molecule has 14 heavy (non-hydrogen) atoms. The lowest BCUT2D eigenvalue weighted by Gasteiger charge is -2.11. The molecule has 4 nitrogen and oxygen atoms in total. The van der Waals surface area contributed by atoms with Gasteiger partial charge in [0.1, 0.15) is 0 Å². The van der Waals surface area contributed by atoms with Crippen molar-refractivity contribution in [2.75, 3.05) is 5.73 Å². The molecule has 1 rings (SSSR count). The first-order valence-electron chi connectivity index (χ1n) is 4.09. The third kappa shape index (κ3) is 1.73. The Morgan fingerprint density at radius 3 is 2.07 bits per heavy atom. The fourth-order valence-corrected chi connectivity index (χ4v) is 2.12. The Morgan fingerprint density at radius 2 is 1.64 bits per heavy atom. The van der Waals surface area contributed by atoms with Crippen LogP contribution in [0.5, 0.6) is 0 Å². The zero-order valence-electron chi connectivity index (χ0n) is 8.33. The van der Waals surface area contributed by atoms with Crippen molar-refractivity contribution in [1.82, 2.24) is 0 Å². The van der Waals surface area contributed by atoms with E-state index in [1.807, 2.05) is 6.92 Å². The maximum atomic E-state index is 11.0. The van der Waals surface area contributed by atoms with Crippen molar-refractivity contribution in [1.29, 1.82) is 0 Å². The van der Waals surface area contributed by atoms with Crippen LogP contribution < -0.4 is 5.73 Å². The molecule has 78 valence electrons. The molecule has 0 radical (unpaired) electrons. The molecule has 1 aromatic carbocycles. The van der Waals surface area contributed by atoms with Crippen molar-refractivity contribution in [2.45, 2.75) is 25.7 Å². The zero-order valence-corrected chi connectivity index (χ0v) is 9.14. The van der Waals surface area contributed by atoms with Crippen molar-refractivity contribution in [2.24, 2.45) is 0 Å². The van der Waals surface area contributed by atoms with E-state index in [-0.39, 0.29) is 4.90 Å². The van der Waals surface area contributed by atoms with Crippen molar-refractivity contribution >= 4 is 15.8 Å². The van der Waals surface area contributed by atoms with Gasteiger partial charge in [-0.2, -0.15) is 8.42 Å². The molecule has 0 aliphatic carbocycles. The van der Waals surface area contributed by atoms with Gasteiger partial charge in [-0.3, -0.25) is 4.55 Å². The molecule has 0 aliphatic rings. The summed E-state index contributed by atoms with van der Waals surface area (Å²) in [6, 6.07) is 1.28. The number of hydrogen-bond acceptors (Lipinski definition) is 3. The van der Waals surface area contributed by atoms with Crippen LogP contribution in [0.15, 0.2) is 11.0 Å². The Labute approximate surface area is 83.5 Å². The first-order valence-corrected chi connectivity index (χ1v) is 5.53. The smallest absolute Gasteiger partial charge is 0.294 e. The molecule has 0 bridgehead atoms. The summed E-state index contributed by atoms with van der Waals surface area (Å²) in [6.07, 6.45) is 0. The van der Waals surface area contributed by atoms with Crippen molar-refractivity contribution < 1.29 is 13.0 Å². The average Bonchev–Trinajstić information content (AvgIpc) is 2.06. The van der Waals surface area contributed by atoms with Gasteiger partial charge < -0.3 is 5.73 Å². The lowest BCUT2D eigenvalue weighted by molar-refractivity contribution is 0.482. The summed E-state index contributed by atoms with van der Waals surface area (Å²) >= 11 is 0. The van der Waals surface area contributed by atoms with Gasteiger partial charge in [0.25, 0.3) is 10.1 Å². The summed E-state index contributed by atoms with van der Waals surface area (Å²) in [5.74, 6) is 0. The minimum atomic E-state index is -4.18. The van der Waals surface area contributed by atoms with Gasteiger partial charge >= 0.3 is 0 Å². The summed E-state index contributed by atoms with van der Waals surface area (Å²) in [7, 11) is -4.18. The monoisotopic (exact) mass is 215 g/mol. The third-order valence-corrected chi connectivity index (χ3v) is 3.47. The summed E-state index contributed by atoms with van der Waals surface area (Å²) in [6.45, 7) is 5.23. The van der Waals surface area contributed by atoms with Crippen molar-refractivity contribution in [3.05, 3.63) is 22.8 Å². The quantitative estimate of drug-likeness (QED) is 0.548. The highest BCUT2D eigenvalue weighted by Crippen LogP contribution is 2.26. The normalized spacial score (nSPS) is 11.7. The molecule has 0 aliphatic heterocycles. The topological polar surface area (TPSA) is 80.4 Å². The van der Waals surface area contributed by atoms with Crippen molar-refractivity contribution in [3.8, 4) is 0 Å². The van der Waals surface area contributed by atoms with Gasteiger partial charge in [0.05, 0.1) is 4.90 Å². The Kier molecular flexibility index (Phi) is 2.56. The molecular formula is C9H13NO3S. The van der Waals surface area contributed by atoms with E-state index in [4.69, 9.17) is 10.3 Å². The molecule has 0 saturated carbocycles. The van der Waals surface area contributed by atoms with Gasteiger partial charge in [0.15, 0.2) is 0 Å². The minimum absolute atomic E-state index is 0.113. The van der Waals surface area contributed by atoms with E-state index in [9.17, 15) is 8.42 Å². The molecule has 5 heteroatoms. The molecule has 0 aromatic heterocycles. The summed E-state index contributed by atoms with van der Waals surface area (Å²) < 4.78 is 30.9. The SMILES string of the molecule is Cc1c(N)cc(S(=O)(=O)O)c(C)c1C. The van der Waals surface area contributed by atoms with Gasteiger partial charge in [-0.05, 0) is 43.5 Å². The summed E-state index contributed by atoms with van der Waals surface area (Å²) in [5, 5.41) is 0. The second kappa shape index (κ2) is 3.25. The maximum absolute atomic E-state index is 11.0. The molecule has 1 aromatic rings. The van der Waals surface area contributed by atoms with Crippen LogP contribution in [-0.4, -0.2) is 13.0 Å². The van der Waals surface area contributed by atoms with E-state index >= 15 is 0 Å². The van der Waals surface area contributed by atoms with Crippen LogP contribution in [0, 0.1) is 20.8 Å². The lowest BCUT2D eigenvalue weighted by atomic mass is 10.0. The molecular weight excluding hydrogens is 202 g/mol. The van der Waals surface area contributed by atoms with Gasteiger partial charge in [-0.15, -0.1) is 0 Å². The van der Waals surface area contributed by atoms with Gasteiger partial charge in [0.2, 0.25) is 0 Å². The highest BCUT2D eigenvalue weighted by Gasteiger charge is 2.16. The third-order valence-electron chi connectivity index (χ3n) is 2.49. The number of anilines is 1. The molecule has 3 N–H and O–H groups in total. The molecule has 0 amide bonds. The molecule has 0 atom stereocenters. The zero-order chi connectivity index (χ0) is 11.1. The molecule has 0 fully saturated rings. The number of hydrogen-bond donors (Lipinski definition) is 2.